The monoisotopic (exact) mass is 424 g/mol. The highest BCUT2D eigenvalue weighted by molar-refractivity contribution is 7.97. The van der Waals surface area contributed by atoms with Crippen molar-refractivity contribution in [3.63, 3.8) is 0 Å². The zero-order chi connectivity index (χ0) is 19.1. The Bertz CT molecular complexity index is 736. The second kappa shape index (κ2) is 9.89. The lowest BCUT2D eigenvalue weighted by atomic mass is 10.3. The predicted octanol–water partition coefficient (Wildman–Crippen LogP) is 5.50. The smallest absolute Gasteiger partial charge is 0.166 e. The topological polar surface area (TPSA) is 40.1 Å². The Balaban J connectivity index is 0.000000552. The van der Waals surface area contributed by atoms with Crippen molar-refractivity contribution in [2.75, 3.05) is 0 Å². The molecule has 2 nitrogen and oxygen atoms in total. The fraction of sp³-hybridized carbons (Fsp3) is 0.0500. The molecule has 26 heavy (non-hydrogen) atoms. The van der Waals surface area contributed by atoms with Gasteiger partial charge in [0.25, 0.3) is 0 Å². The van der Waals surface area contributed by atoms with Gasteiger partial charge in [0.2, 0.25) is 0 Å². The molecule has 0 atom stereocenters. The zero-order valence-electron chi connectivity index (χ0n) is 13.8. The van der Waals surface area contributed by atoms with Crippen molar-refractivity contribution in [3.05, 3.63) is 87.9 Å². The van der Waals surface area contributed by atoms with Gasteiger partial charge in [0.05, 0.1) is 10.9 Å². The number of rotatable bonds is 3. The minimum absolute atomic E-state index is 0.215. The summed E-state index contributed by atoms with van der Waals surface area (Å²) in [6.07, 6.45) is 0. The molecule has 0 amide bonds. The molecule has 0 unspecified atom stereocenters. The quantitative estimate of drug-likeness (QED) is 0.520. The van der Waals surface area contributed by atoms with Crippen LogP contribution >= 0.6 is 34.8 Å². The van der Waals surface area contributed by atoms with E-state index in [1.165, 1.54) is 14.7 Å². The van der Waals surface area contributed by atoms with Gasteiger partial charge in [0, 0.05) is 21.0 Å². The van der Waals surface area contributed by atoms with Crippen molar-refractivity contribution in [2.24, 2.45) is 0 Å². The van der Waals surface area contributed by atoms with Crippen molar-refractivity contribution in [1.29, 1.82) is 0 Å². The largest absolute Gasteiger partial charge is 0.550 e. The molecule has 0 aliphatic carbocycles. The van der Waals surface area contributed by atoms with Crippen LogP contribution < -0.4 is 5.11 Å². The summed E-state index contributed by atoms with van der Waals surface area (Å²) in [5, 5.41) is 11.1. The molecule has 0 radical (unpaired) electrons. The maximum absolute atomic E-state index is 8.89. The minimum Gasteiger partial charge on any atom is -0.550 e. The first-order valence-corrected chi connectivity index (χ1v) is 9.91. The number of aliphatic carboxylic acids is 1. The Hall–Kier alpha value is -1.65. The third kappa shape index (κ3) is 6.26. The molecule has 0 saturated carbocycles. The van der Waals surface area contributed by atoms with Crippen LogP contribution in [0.15, 0.2) is 87.5 Å². The molecule has 0 fully saturated rings. The number of carboxylic acid groups (broad SMARTS) is 1. The van der Waals surface area contributed by atoms with Gasteiger partial charge in [0.1, 0.15) is 0 Å². The molecule has 3 aromatic rings. The summed E-state index contributed by atoms with van der Waals surface area (Å²) >= 11 is 18.1. The van der Waals surface area contributed by atoms with Crippen LogP contribution in [0, 0.1) is 0 Å². The molecule has 0 bridgehead atoms. The Morgan fingerprint density at radius 1 is 0.654 bits per heavy atom. The third-order valence-corrected chi connectivity index (χ3v) is 6.13. The summed E-state index contributed by atoms with van der Waals surface area (Å²) in [4.78, 5) is 12.5. The highest BCUT2D eigenvalue weighted by Crippen LogP contribution is 2.33. The van der Waals surface area contributed by atoms with E-state index in [1.807, 2.05) is 36.4 Å². The second-order valence-electron chi connectivity index (χ2n) is 5.16. The molecule has 0 saturated heterocycles. The van der Waals surface area contributed by atoms with E-state index in [4.69, 9.17) is 44.7 Å². The molecular weight excluding hydrogens is 411 g/mol. The number of carbonyl (C=O) groups excluding carboxylic acids is 1. The van der Waals surface area contributed by atoms with Gasteiger partial charge in [-0.05, 0) is 79.7 Å². The first kappa shape index (κ1) is 20.7. The van der Waals surface area contributed by atoms with Gasteiger partial charge in [-0.1, -0.05) is 34.8 Å². The number of hydrogen-bond donors (Lipinski definition) is 0. The molecule has 0 N–H and O–H groups in total. The van der Waals surface area contributed by atoms with Crippen molar-refractivity contribution >= 4 is 51.7 Å². The van der Waals surface area contributed by atoms with Gasteiger partial charge in [-0.2, -0.15) is 0 Å². The fourth-order valence-corrected chi connectivity index (χ4v) is 4.54. The van der Waals surface area contributed by atoms with Gasteiger partial charge in [-0.15, -0.1) is 0 Å². The standard InChI is InChI=1S/C18H12Cl3S.C2H4O2/c19-13-1-7-16(8-2-13)22(17-9-3-14(20)4-10-17)18-11-5-15(21)6-12-18;1-2(3)4/h1-12H;1H3,(H,3,4)/q+1;/p-1. The van der Waals surface area contributed by atoms with E-state index in [0.29, 0.717) is 0 Å². The third-order valence-electron chi connectivity index (χ3n) is 3.15. The van der Waals surface area contributed by atoms with Crippen LogP contribution in [0.25, 0.3) is 0 Å². The normalized spacial score (nSPS) is 10.2. The zero-order valence-corrected chi connectivity index (χ0v) is 16.9. The maximum Gasteiger partial charge on any atom is 0.166 e. The molecule has 0 heterocycles. The summed E-state index contributed by atoms with van der Waals surface area (Å²) in [6, 6.07) is 23.9. The summed E-state index contributed by atoms with van der Waals surface area (Å²) in [5.41, 5.74) is 0. The molecule has 3 rings (SSSR count). The minimum atomic E-state index is -1.08. The van der Waals surface area contributed by atoms with Gasteiger partial charge < -0.3 is 9.90 Å². The molecular formula is C20H15Cl3O2S. The van der Waals surface area contributed by atoms with Gasteiger partial charge in [0.15, 0.2) is 14.7 Å². The van der Waals surface area contributed by atoms with E-state index in [9.17, 15) is 0 Å². The SMILES string of the molecule is CC(=O)[O-].Clc1ccc([S+](c2ccc(Cl)cc2)c2ccc(Cl)cc2)cc1. The molecule has 3 aromatic carbocycles. The van der Waals surface area contributed by atoms with Gasteiger partial charge in [-0.25, -0.2) is 0 Å². The van der Waals surface area contributed by atoms with E-state index >= 15 is 0 Å². The van der Waals surface area contributed by atoms with Crippen molar-refractivity contribution in [1.82, 2.24) is 0 Å². The predicted molar refractivity (Wildman–Crippen MR) is 107 cm³/mol. The lowest BCUT2D eigenvalue weighted by molar-refractivity contribution is -0.302. The number of carboxylic acids is 1. The van der Waals surface area contributed by atoms with Crippen LogP contribution in [0.1, 0.15) is 6.92 Å². The molecule has 0 aliphatic heterocycles. The van der Waals surface area contributed by atoms with Crippen LogP contribution in [-0.4, -0.2) is 5.97 Å². The number of benzene rings is 3. The fourth-order valence-electron chi connectivity index (χ4n) is 2.12. The maximum atomic E-state index is 8.89. The number of hydrogen-bond acceptors (Lipinski definition) is 2. The Morgan fingerprint density at radius 2 is 0.846 bits per heavy atom. The van der Waals surface area contributed by atoms with Gasteiger partial charge in [-0.3, -0.25) is 0 Å². The lowest BCUT2D eigenvalue weighted by Crippen LogP contribution is -2.16. The molecule has 134 valence electrons. The van der Waals surface area contributed by atoms with Crippen LogP contribution in [0.3, 0.4) is 0 Å². The van der Waals surface area contributed by atoms with Crippen LogP contribution in [0.2, 0.25) is 15.1 Å². The molecule has 0 aliphatic rings. The van der Waals surface area contributed by atoms with E-state index in [-0.39, 0.29) is 10.9 Å². The van der Waals surface area contributed by atoms with Gasteiger partial charge >= 0.3 is 0 Å². The second-order valence-corrected chi connectivity index (χ2v) is 8.50. The lowest BCUT2D eigenvalue weighted by Gasteiger charge is -2.08. The summed E-state index contributed by atoms with van der Waals surface area (Å²) in [6.45, 7) is 0.972. The summed E-state index contributed by atoms with van der Waals surface area (Å²) in [7, 11) is -0.215. The first-order valence-electron chi connectivity index (χ1n) is 7.55. The van der Waals surface area contributed by atoms with E-state index in [1.54, 1.807) is 0 Å². The Kier molecular flexibility index (Phi) is 7.85. The van der Waals surface area contributed by atoms with Crippen LogP contribution in [-0.2, 0) is 15.7 Å². The van der Waals surface area contributed by atoms with Crippen molar-refractivity contribution in [3.8, 4) is 0 Å². The Morgan fingerprint density at radius 3 is 1.04 bits per heavy atom. The van der Waals surface area contributed by atoms with Crippen LogP contribution in [0.4, 0.5) is 0 Å². The molecule has 0 aromatic heterocycles. The average Bonchev–Trinajstić information content (AvgIpc) is 2.60. The summed E-state index contributed by atoms with van der Waals surface area (Å²) < 4.78 is 0. The average molecular weight is 426 g/mol. The number of carbonyl (C=O) groups is 1. The van der Waals surface area contributed by atoms with Crippen LogP contribution in [0.5, 0.6) is 0 Å². The first-order chi connectivity index (χ1) is 12.4. The van der Waals surface area contributed by atoms with E-state index in [2.05, 4.69) is 36.4 Å². The number of halogens is 3. The van der Waals surface area contributed by atoms with E-state index < -0.39 is 5.97 Å². The highest BCUT2D eigenvalue weighted by Gasteiger charge is 2.28. The Labute approximate surface area is 170 Å². The molecule has 6 heteroatoms. The van der Waals surface area contributed by atoms with E-state index in [0.717, 1.165) is 22.0 Å². The van der Waals surface area contributed by atoms with Crippen molar-refractivity contribution < 1.29 is 9.90 Å². The summed E-state index contributed by atoms with van der Waals surface area (Å²) in [5.74, 6) is -1.08. The van der Waals surface area contributed by atoms with Crippen molar-refractivity contribution in [2.45, 2.75) is 21.6 Å². The molecule has 0 spiro atoms. The highest BCUT2D eigenvalue weighted by atomic mass is 35.5.